The molecule has 130 valence electrons. The van der Waals surface area contributed by atoms with Gasteiger partial charge in [0.1, 0.15) is 17.6 Å². The molecule has 0 spiro atoms. The summed E-state index contributed by atoms with van der Waals surface area (Å²) in [6, 6.07) is 8.76. The average Bonchev–Trinajstić information content (AvgIpc) is 2.64. The van der Waals surface area contributed by atoms with Gasteiger partial charge < -0.3 is 4.90 Å². The number of rotatable bonds is 3. The Bertz CT molecular complexity index is 920. The van der Waals surface area contributed by atoms with Crippen LogP contribution in [0.5, 0.6) is 0 Å². The van der Waals surface area contributed by atoms with Crippen LogP contribution in [0.4, 0.5) is 10.1 Å². The molecule has 0 atom stereocenters. The number of nitriles is 1. The topological polar surface area (TPSA) is 77.3 Å². The highest BCUT2D eigenvalue weighted by molar-refractivity contribution is 7.89. The van der Waals surface area contributed by atoms with Crippen LogP contribution in [-0.2, 0) is 10.0 Å². The summed E-state index contributed by atoms with van der Waals surface area (Å²) in [5.41, 5.74) is 1.17. The quantitative estimate of drug-likeness (QED) is 0.816. The van der Waals surface area contributed by atoms with Gasteiger partial charge in [-0.15, -0.1) is 0 Å². The van der Waals surface area contributed by atoms with Crippen molar-refractivity contribution in [3.63, 3.8) is 0 Å². The zero-order valence-electron chi connectivity index (χ0n) is 13.1. The van der Waals surface area contributed by atoms with Crippen molar-refractivity contribution in [3.8, 4) is 6.07 Å². The monoisotopic (exact) mass is 380 g/mol. The molecule has 0 radical (unpaired) electrons. The van der Waals surface area contributed by atoms with E-state index in [4.69, 9.17) is 16.9 Å². The van der Waals surface area contributed by atoms with E-state index in [1.165, 1.54) is 10.4 Å². The van der Waals surface area contributed by atoms with Gasteiger partial charge >= 0.3 is 0 Å². The molecule has 9 heteroatoms. The number of hydrogen-bond donors (Lipinski definition) is 0. The van der Waals surface area contributed by atoms with E-state index in [2.05, 4.69) is 4.98 Å². The first-order chi connectivity index (χ1) is 11.9. The molecule has 0 N–H and O–H groups in total. The molecule has 25 heavy (non-hydrogen) atoms. The van der Waals surface area contributed by atoms with Gasteiger partial charge in [0, 0.05) is 26.2 Å². The third-order valence-electron chi connectivity index (χ3n) is 4.00. The maximum Gasteiger partial charge on any atom is 0.243 e. The maximum absolute atomic E-state index is 13.2. The Labute approximate surface area is 150 Å². The molecule has 1 fully saturated rings. The molecule has 0 aliphatic carbocycles. The molecule has 2 heterocycles. The summed E-state index contributed by atoms with van der Waals surface area (Å²) in [6.45, 7) is 1.55. The molecule has 1 saturated heterocycles. The fraction of sp³-hybridized carbons (Fsp3) is 0.250. The molecule has 0 unspecified atom stereocenters. The molecule has 2 aromatic rings. The van der Waals surface area contributed by atoms with E-state index in [-0.39, 0.29) is 23.0 Å². The standard InChI is InChI=1S/C16H14ClFN4O2S/c17-15-9-14(3-4-16(15)18)25(23,24)22-7-5-21(6-8-22)13-2-1-12(10-19)20-11-13/h1-4,9,11H,5-8H2. The number of anilines is 1. The summed E-state index contributed by atoms with van der Waals surface area (Å²) in [5.74, 6) is -0.654. The van der Waals surface area contributed by atoms with Crippen LogP contribution in [0.3, 0.4) is 0 Å². The molecule has 0 saturated carbocycles. The van der Waals surface area contributed by atoms with Gasteiger partial charge in [-0.25, -0.2) is 17.8 Å². The van der Waals surface area contributed by atoms with Gasteiger partial charge in [0.2, 0.25) is 10.0 Å². The summed E-state index contributed by atoms with van der Waals surface area (Å²) < 4.78 is 39.9. The van der Waals surface area contributed by atoms with Crippen LogP contribution >= 0.6 is 11.6 Å². The van der Waals surface area contributed by atoms with Gasteiger partial charge in [-0.05, 0) is 30.3 Å². The number of hydrogen-bond acceptors (Lipinski definition) is 5. The molecule has 1 aromatic carbocycles. The summed E-state index contributed by atoms with van der Waals surface area (Å²) >= 11 is 5.69. The highest BCUT2D eigenvalue weighted by Crippen LogP contribution is 2.24. The lowest BCUT2D eigenvalue weighted by Gasteiger charge is -2.35. The van der Waals surface area contributed by atoms with Gasteiger partial charge in [0.15, 0.2) is 0 Å². The first kappa shape index (κ1) is 17.6. The van der Waals surface area contributed by atoms with Gasteiger partial charge in [0.05, 0.1) is 21.8 Å². The number of sulfonamides is 1. The second-order valence-corrected chi connectivity index (χ2v) is 7.83. The smallest absolute Gasteiger partial charge is 0.243 e. The predicted molar refractivity (Wildman–Crippen MR) is 91.3 cm³/mol. The lowest BCUT2D eigenvalue weighted by atomic mass is 10.3. The van der Waals surface area contributed by atoms with Crippen molar-refractivity contribution in [1.82, 2.24) is 9.29 Å². The van der Waals surface area contributed by atoms with E-state index in [0.29, 0.717) is 18.8 Å². The summed E-state index contributed by atoms with van der Waals surface area (Å²) in [4.78, 5) is 6.00. The van der Waals surface area contributed by atoms with Gasteiger partial charge in [-0.2, -0.15) is 9.57 Å². The van der Waals surface area contributed by atoms with Crippen LogP contribution in [0, 0.1) is 17.1 Å². The highest BCUT2D eigenvalue weighted by atomic mass is 35.5. The van der Waals surface area contributed by atoms with Crippen molar-refractivity contribution in [2.45, 2.75) is 4.90 Å². The predicted octanol–water partition coefficient (Wildman–Crippen LogP) is 2.26. The van der Waals surface area contributed by atoms with E-state index in [9.17, 15) is 12.8 Å². The van der Waals surface area contributed by atoms with Gasteiger partial charge in [-0.3, -0.25) is 0 Å². The van der Waals surface area contributed by atoms with E-state index in [1.54, 1.807) is 18.3 Å². The number of benzene rings is 1. The van der Waals surface area contributed by atoms with Crippen molar-refractivity contribution < 1.29 is 12.8 Å². The molecule has 1 aliphatic rings. The van der Waals surface area contributed by atoms with Crippen molar-refractivity contribution in [3.05, 3.63) is 53.1 Å². The summed E-state index contributed by atoms with van der Waals surface area (Å²) in [6.07, 6.45) is 1.60. The van der Waals surface area contributed by atoms with E-state index < -0.39 is 15.8 Å². The minimum absolute atomic E-state index is 0.0209. The fourth-order valence-electron chi connectivity index (χ4n) is 2.61. The van der Waals surface area contributed by atoms with Crippen molar-refractivity contribution >= 4 is 27.3 Å². The van der Waals surface area contributed by atoms with Crippen molar-refractivity contribution in [1.29, 1.82) is 5.26 Å². The average molecular weight is 381 g/mol. The molecular weight excluding hydrogens is 367 g/mol. The van der Waals surface area contributed by atoms with Crippen LogP contribution in [0.2, 0.25) is 5.02 Å². The molecule has 1 aliphatic heterocycles. The van der Waals surface area contributed by atoms with Gasteiger partial charge in [-0.1, -0.05) is 11.6 Å². The van der Waals surface area contributed by atoms with E-state index in [1.807, 2.05) is 11.0 Å². The van der Waals surface area contributed by atoms with Crippen molar-refractivity contribution in [2.75, 3.05) is 31.1 Å². The SMILES string of the molecule is N#Cc1ccc(N2CCN(S(=O)(=O)c3ccc(F)c(Cl)c3)CC2)cn1. The minimum atomic E-state index is -3.72. The Morgan fingerprint density at radius 3 is 2.44 bits per heavy atom. The zero-order valence-corrected chi connectivity index (χ0v) is 14.6. The number of halogens is 2. The van der Waals surface area contributed by atoms with Crippen LogP contribution < -0.4 is 4.90 Å². The first-order valence-electron chi connectivity index (χ1n) is 7.48. The normalized spacial score (nSPS) is 15.8. The largest absolute Gasteiger partial charge is 0.368 e. The third-order valence-corrected chi connectivity index (χ3v) is 6.18. The number of piperazine rings is 1. The molecular formula is C16H14ClFN4O2S. The maximum atomic E-state index is 13.2. The molecule has 0 amide bonds. The van der Waals surface area contributed by atoms with Gasteiger partial charge in [0.25, 0.3) is 0 Å². The molecule has 3 rings (SSSR count). The Morgan fingerprint density at radius 1 is 1.16 bits per heavy atom. The van der Waals surface area contributed by atoms with Crippen LogP contribution in [-0.4, -0.2) is 43.9 Å². The Balaban J connectivity index is 1.72. The molecule has 0 bridgehead atoms. The summed E-state index contributed by atoms with van der Waals surface area (Å²) in [5, 5.41) is 8.56. The second-order valence-electron chi connectivity index (χ2n) is 5.48. The number of aromatic nitrogens is 1. The third kappa shape index (κ3) is 3.58. The first-order valence-corrected chi connectivity index (χ1v) is 9.30. The van der Waals surface area contributed by atoms with Crippen LogP contribution in [0.15, 0.2) is 41.4 Å². The highest BCUT2D eigenvalue weighted by Gasteiger charge is 2.29. The van der Waals surface area contributed by atoms with Crippen LogP contribution in [0.25, 0.3) is 0 Å². The Kier molecular flexibility index (Phi) is 4.90. The van der Waals surface area contributed by atoms with E-state index in [0.717, 1.165) is 17.8 Å². The minimum Gasteiger partial charge on any atom is -0.368 e. The Morgan fingerprint density at radius 2 is 1.88 bits per heavy atom. The lowest BCUT2D eigenvalue weighted by Crippen LogP contribution is -2.48. The second kappa shape index (κ2) is 6.96. The summed E-state index contributed by atoms with van der Waals surface area (Å²) in [7, 11) is -3.72. The zero-order chi connectivity index (χ0) is 18.0. The van der Waals surface area contributed by atoms with E-state index >= 15 is 0 Å². The Hall–Kier alpha value is -2.21. The molecule has 1 aromatic heterocycles. The lowest BCUT2D eigenvalue weighted by molar-refractivity contribution is 0.385. The fourth-order valence-corrected chi connectivity index (χ4v) is 4.31. The number of nitrogens with zero attached hydrogens (tertiary/aromatic N) is 4. The number of pyridine rings is 1. The van der Waals surface area contributed by atoms with Crippen molar-refractivity contribution in [2.24, 2.45) is 0 Å². The molecule has 6 nitrogen and oxygen atoms in total. The van der Waals surface area contributed by atoms with Crippen LogP contribution in [0.1, 0.15) is 5.69 Å².